The molecule has 142 valence electrons. The molecule has 1 amide bonds. The number of rotatable bonds is 6. The lowest BCUT2D eigenvalue weighted by Crippen LogP contribution is -2.41. The van der Waals surface area contributed by atoms with E-state index < -0.39 is 22.0 Å². The van der Waals surface area contributed by atoms with Crippen LogP contribution in [0.3, 0.4) is 0 Å². The second kappa shape index (κ2) is 7.62. The van der Waals surface area contributed by atoms with Gasteiger partial charge in [0.15, 0.2) is 0 Å². The maximum atomic E-state index is 12.5. The summed E-state index contributed by atoms with van der Waals surface area (Å²) in [5.41, 5.74) is 1.06. The Morgan fingerprint density at radius 3 is 2.59 bits per heavy atom. The van der Waals surface area contributed by atoms with Crippen LogP contribution in [-0.4, -0.2) is 27.1 Å². The maximum absolute atomic E-state index is 12.5. The quantitative estimate of drug-likeness (QED) is 0.676. The highest BCUT2D eigenvalue weighted by molar-refractivity contribution is 7.92. The van der Waals surface area contributed by atoms with Gasteiger partial charge in [0.25, 0.3) is 0 Å². The molecule has 0 aliphatic carbocycles. The zero-order valence-corrected chi connectivity index (χ0v) is 16.4. The highest BCUT2D eigenvalue weighted by atomic mass is 35.5. The average molecular weight is 407 g/mol. The molecule has 1 atom stereocenters. The van der Waals surface area contributed by atoms with E-state index in [1.165, 1.54) is 6.07 Å². The fourth-order valence-electron chi connectivity index (χ4n) is 2.74. The average Bonchev–Trinajstić information content (AvgIpc) is 3.03. The number of hydrogen-bond acceptors (Lipinski definition) is 4. The van der Waals surface area contributed by atoms with E-state index in [9.17, 15) is 13.2 Å². The molecule has 0 spiro atoms. The summed E-state index contributed by atoms with van der Waals surface area (Å²) in [5.74, 6) is 0.145. The lowest BCUT2D eigenvalue weighted by molar-refractivity contribution is -0.120. The Kier molecular flexibility index (Phi) is 5.43. The first-order valence-electron chi connectivity index (χ1n) is 8.25. The number of hydrogen-bond donors (Lipinski definition) is 1. The number of furan rings is 1. The van der Waals surface area contributed by atoms with Crippen molar-refractivity contribution in [3.63, 3.8) is 0 Å². The van der Waals surface area contributed by atoms with E-state index in [1.54, 1.807) is 25.1 Å². The molecule has 27 heavy (non-hydrogen) atoms. The molecule has 0 bridgehead atoms. The van der Waals surface area contributed by atoms with Crippen LogP contribution in [0.5, 0.6) is 0 Å². The van der Waals surface area contributed by atoms with Gasteiger partial charge in [-0.25, -0.2) is 8.42 Å². The monoisotopic (exact) mass is 406 g/mol. The summed E-state index contributed by atoms with van der Waals surface area (Å²) in [4.78, 5) is 12.5. The zero-order chi connectivity index (χ0) is 19.6. The second-order valence-corrected chi connectivity index (χ2v) is 8.57. The van der Waals surface area contributed by atoms with Crippen LogP contribution < -0.4 is 9.62 Å². The molecular formula is C19H19ClN2O4S. The van der Waals surface area contributed by atoms with Crippen LogP contribution in [-0.2, 0) is 14.8 Å². The van der Waals surface area contributed by atoms with Gasteiger partial charge in [-0.1, -0.05) is 35.9 Å². The third-order valence-electron chi connectivity index (χ3n) is 4.03. The number of carbonyl (C=O) groups is 1. The van der Waals surface area contributed by atoms with Crippen molar-refractivity contribution in [1.82, 2.24) is 5.32 Å². The summed E-state index contributed by atoms with van der Waals surface area (Å²) >= 11 is 5.94. The fourth-order valence-corrected chi connectivity index (χ4v) is 3.77. The molecule has 0 fully saturated rings. The Hall–Kier alpha value is -2.51. The molecule has 0 saturated carbocycles. The van der Waals surface area contributed by atoms with E-state index in [-0.39, 0.29) is 6.54 Å². The van der Waals surface area contributed by atoms with E-state index in [2.05, 4.69) is 5.32 Å². The number of anilines is 1. The first-order valence-corrected chi connectivity index (χ1v) is 10.5. The summed E-state index contributed by atoms with van der Waals surface area (Å²) in [6.45, 7) is 1.42. The number of fused-ring (bicyclic) bond motifs is 1. The highest BCUT2D eigenvalue weighted by Crippen LogP contribution is 2.24. The molecule has 0 aliphatic rings. The summed E-state index contributed by atoms with van der Waals surface area (Å²) in [6, 6.07) is 15.3. The van der Waals surface area contributed by atoms with Crippen molar-refractivity contribution < 1.29 is 17.6 Å². The minimum atomic E-state index is -3.66. The highest BCUT2D eigenvalue weighted by Gasteiger charge is 2.23. The van der Waals surface area contributed by atoms with Gasteiger partial charge in [0.2, 0.25) is 15.9 Å². The van der Waals surface area contributed by atoms with Gasteiger partial charge in [-0.3, -0.25) is 9.10 Å². The SMILES string of the molecule is C[C@@H](NC(=O)CN(c1cccc(Cl)c1)S(C)(=O)=O)c1cc2ccccc2o1. The number of sulfonamides is 1. The van der Waals surface area contributed by atoms with Gasteiger partial charge in [0.1, 0.15) is 17.9 Å². The van der Waals surface area contributed by atoms with Crippen LogP contribution in [0.25, 0.3) is 11.0 Å². The second-order valence-electron chi connectivity index (χ2n) is 6.23. The molecule has 1 heterocycles. The lowest BCUT2D eigenvalue weighted by Gasteiger charge is -2.23. The number of amides is 1. The van der Waals surface area contributed by atoms with Crippen LogP contribution in [0.1, 0.15) is 18.7 Å². The number of carbonyl (C=O) groups excluding carboxylic acids is 1. The molecular weight excluding hydrogens is 388 g/mol. The topological polar surface area (TPSA) is 79.6 Å². The number of nitrogens with zero attached hydrogens (tertiary/aromatic N) is 1. The first kappa shape index (κ1) is 19.3. The van der Waals surface area contributed by atoms with Crippen LogP contribution in [0.4, 0.5) is 5.69 Å². The molecule has 0 unspecified atom stereocenters. The number of benzene rings is 2. The van der Waals surface area contributed by atoms with Crippen molar-refractivity contribution in [2.45, 2.75) is 13.0 Å². The third kappa shape index (κ3) is 4.61. The van der Waals surface area contributed by atoms with Gasteiger partial charge >= 0.3 is 0 Å². The molecule has 0 aliphatic heterocycles. The van der Waals surface area contributed by atoms with Crippen molar-refractivity contribution in [2.75, 3.05) is 17.1 Å². The Balaban J connectivity index is 1.75. The molecule has 0 saturated heterocycles. The minimum Gasteiger partial charge on any atom is -0.459 e. The fraction of sp³-hybridized carbons (Fsp3) is 0.211. The largest absolute Gasteiger partial charge is 0.459 e. The van der Waals surface area contributed by atoms with Crippen LogP contribution in [0, 0.1) is 0 Å². The minimum absolute atomic E-state index is 0.330. The normalized spacial score (nSPS) is 12.7. The molecule has 8 heteroatoms. The Morgan fingerprint density at radius 2 is 1.93 bits per heavy atom. The molecule has 1 aromatic heterocycles. The maximum Gasteiger partial charge on any atom is 0.241 e. The zero-order valence-electron chi connectivity index (χ0n) is 14.8. The molecule has 3 rings (SSSR count). The standard InChI is InChI=1S/C19H19ClN2O4S/c1-13(18-10-14-6-3-4-9-17(14)26-18)21-19(23)12-22(27(2,24)25)16-8-5-7-15(20)11-16/h3-11,13H,12H2,1-2H3,(H,21,23)/t13-/m1/s1. The van der Waals surface area contributed by atoms with Gasteiger partial charge < -0.3 is 9.73 Å². The van der Waals surface area contributed by atoms with E-state index in [0.717, 1.165) is 21.5 Å². The molecule has 1 N–H and O–H groups in total. The van der Waals surface area contributed by atoms with Crippen molar-refractivity contribution >= 4 is 44.2 Å². The van der Waals surface area contributed by atoms with Crippen LogP contribution in [0.15, 0.2) is 59.0 Å². The predicted octanol–water partition coefficient (Wildman–Crippen LogP) is 3.73. The van der Waals surface area contributed by atoms with Gasteiger partial charge in [-0.15, -0.1) is 0 Å². The molecule has 6 nitrogen and oxygen atoms in total. The summed E-state index contributed by atoms with van der Waals surface area (Å²) in [7, 11) is -3.66. The van der Waals surface area contributed by atoms with Gasteiger partial charge in [-0.05, 0) is 37.3 Å². The number of nitrogens with one attached hydrogen (secondary N) is 1. The Morgan fingerprint density at radius 1 is 1.19 bits per heavy atom. The van der Waals surface area contributed by atoms with E-state index in [4.69, 9.17) is 16.0 Å². The predicted molar refractivity (Wildman–Crippen MR) is 106 cm³/mol. The summed E-state index contributed by atoms with van der Waals surface area (Å²) in [5, 5.41) is 4.09. The van der Waals surface area contributed by atoms with Crippen molar-refractivity contribution in [3.05, 3.63) is 65.4 Å². The first-order chi connectivity index (χ1) is 12.7. The molecule has 2 aromatic carbocycles. The molecule has 3 aromatic rings. The van der Waals surface area contributed by atoms with Gasteiger partial charge in [0.05, 0.1) is 18.0 Å². The van der Waals surface area contributed by atoms with Gasteiger partial charge in [-0.2, -0.15) is 0 Å². The summed E-state index contributed by atoms with van der Waals surface area (Å²) < 4.78 is 31.0. The van der Waals surface area contributed by atoms with Crippen molar-refractivity contribution in [2.24, 2.45) is 0 Å². The molecule has 0 radical (unpaired) electrons. The Labute approximate surface area is 162 Å². The smallest absolute Gasteiger partial charge is 0.241 e. The number of halogens is 1. The van der Waals surface area contributed by atoms with E-state index in [0.29, 0.717) is 16.5 Å². The summed E-state index contributed by atoms with van der Waals surface area (Å²) in [6.07, 6.45) is 1.05. The van der Waals surface area contributed by atoms with E-state index in [1.807, 2.05) is 30.3 Å². The lowest BCUT2D eigenvalue weighted by atomic mass is 10.2. The third-order valence-corrected chi connectivity index (χ3v) is 5.41. The van der Waals surface area contributed by atoms with Gasteiger partial charge in [0, 0.05) is 10.4 Å². The Bertz CT molecular complexity index is 1050. The van der Waals surface area contributed by atoms with Crippen LogP contribution in [0.2, 0.25) is 5.02 Å². The van der Waals surface area contributed by atoms with E-state index >= 15 is 0 Å². The van der Waals surface area contributed by atoms with Crippen molar-refractivity contribution in [1.29, 1.82) is 0 Å². The van der Waals surface area contributed by atoms with Crippen molar-refractivity contribution in [3.8, 4) is 0 Å². The number of para-hydroxylation sites is 1. The van der Waals surface area contributed by atoms with Crippen LogP contribution >= 0.6 is 11.6 Å².